The second kappa shape index (κ2) is 6.46. The van der Waals surface area contributed by atoms with E-state index in [-0.39, 0.29) is 17.9 Å². The average molecular weight is 305 g/mol. The number of halogens is 2. The fourth-order valence-electron chi connectivity index (χ4n) is 1.36. The lowest BCUT2D eigenvalue weighted by Gasteiger charge is -2.19. The third kappa shape index (κ3) is 5.68. The van der Waals surface area contributed by atoms with Crippen LogP contribution in [0.15, 0.2) is 12.1 Å². The van der Waals surface area contributed by atoms with E-state index in [0.29, 0.717) is 28.0 Å². The van der Waals surface area contributed by atoms with Gasteiger partial charge < -0.3 is 15.8 Å². The number of rotatable bonds is 4. The summed E-state index contributed by atoms with van der Waals surface area (Å²) in [4.78, 5) is 11.7. The molecule has 1 rings (SSSR count). The minimum atomic E-state index is -0.267. The van der Waals surface area contributed by atoms with Gasteiger partial charge in [-0.05, 0) is 32.9 Å². The lowest BCUT2D eigenvalue weighted by atomic mass is 10.2. The highest BCUT2D eigenvalue weighted by Crippen LogP contribution is 2.32. The van der Waals surface area contributed by atoms with Crippen LogP contribution in [0, 0.1) is 0 Å². The Morgan fingerprint density at radius 3 is 2.32 bits per heavy atom. The Labute approximate surface area is 123 Å². The molecule has 19 heavy (non-hydrogen) atoms. The van der Waals surface area contributed by atoms with Crippen molar-refractivity contribution in [3.63, 3.8) is 0 Å². The normalized spacial score (nSPS) is 11.4. The van der Waals surface area contributed by atoms with Crippen LogP contribution in [0.1, 0.15) is 27.2 Å². The number of carbonyl (C=O) groups is 1. The van der Waals surface area contributed by atoms with Crippen molar-refractivity contribution in [1.29, 1.82) is 0 Å². The van der Waals surface area contributed by atoms with Gasteiger partial charge >= 0.3 is 0 Å². The summed E-state index contributed by atoms with van der Waals surface area (Å²) in [7, 11) is 0. The molecule has 1 aromatic carbocycles. The molecule has 0 atom stereocenters. The molecule has 1 aromatic rings. The van der Waals surface area contributed by atoms with Crippen LogP contribution >= 0.6 is 23.2 Å². The summed E-state index contributed by atoms with van der Waals surface area (Å²) in [5.41, 5.74) is 6.14. The van der Waals surface area contributed by atoms with Crippen LogP contribution in [-0.4, -0.2) is 18.1 Å². The molecule has 0 heterocycles. The molecule has 1 amide bonds. The number of benzene rings is 1. The number of hydrogen-bond acceptors (Lipinski definition) is 3. The van der Waals surface area contributed by atoms with Crippen LogP contribution in [0.4, 0.5) is 11.4 Å². The van der Waals surface area contributed by atoms with E-state index >= 15 is 0 Å². The second-order valence-corrected chi connectivity index (χ2v) is 5.93. The lowest BCUT2D eigenvalue weighted by Crippen LogP contribution is -2.23. The van der Waals surface area contributed by atoms with Crippen molar-refractivity contribution < 1.29 is 9.53 Å². The monoisotopic (exact) mass is 304 g/mol. The highest BCUT2D eigenvalue weighted by molar-refractivity contribution is 6.40. The van der Waals surface area contributed by atoms with Crippen molar-refractivity contribution in [3.05, 3.63) is 22.2 Å². The Morgan fingerprint density at radius 1 is 1.32 bits per heavy atom. The third-order valence-corrected chi connectivity index (χ3v) is 2.79. The molecule has 6 heteroatoms. The van der Waals surface area contributed by atoms with Crippen molar-refractivity contribution in [2.45, 2.75) is 32.8 Å². The number of amides is 1. The summed E-state index contributed by atoms with van der Waals surface area (Å²) in [5, 5.41) is 3.28. The molecule has 0 aromatic heterocycles. The molecule has 0 saturated heterocycles. The molecule has 0 aliphatic carbocycles. The number of ether oxygens (including phenoxy) is 1. The summed E-state index contributed by atoms with van der Waals surface area (Å²) in [6.45, 7) is 6.12. The van der Waals surface area contributed by atoms with Crippen LogP contribution < -0.4 is 11.1 Å². The first kappa shape index (κ1) is 16.1. The van der Waals surface area contributed by atoms with Crippen LogP contribution in [-0.2, 0) is 9.53 Å². The third-order valence-electron chi connectivity index (χ3n) is 2.19. The van der Waals surface area contributed by atoms with Gasteiger partial charge in [0.15, 0.2) is 0 Å². The van der Waals surface area contributed by atoms with Crippen molar-refractivity contribution in [2.75, 3.05) is 17.7 Å². The minimum absolute atomic E-state index is 0.210. The molecule has 106 valence electrons. The number of nitrogen functional groups attached to an aromatic ring is 1. The smallest absolute Gasteiger partial charge is 0.226 e. The van der Waals surface area contributed by atoms with Crippen LogP contribution in [0.25, 0.3) is 0 Å². The molecule has 0 saturated carbocycles. The predicted molar refractivity (Wildman–Crippen MR) is 79.8 cm³/mol. The molecule has 0 fully saturated rings. The van der Waals surface area contributed by atoms with E-state index in [0.717, 1.165) is 0 Å². The van der Waals surface area contributed by atoms with Crippen LogP contribution in [0.5, 0.6) is 0 Å². The zero-order chi connectivity index (χ0) is 14.6. The zero-order valence-corrected chi connectivity index (χ0v) is 12.7. The first-order valence-corrected chi connectivity index (χ1v) is 6.63. The first-order valence-electron chi connectivity index (χ1n) is 5.87. The quantitative estimate of drug-likeness (QED) is 0.833. The van der Waals surface area contributed by atoms with Gasteiger partial charge in [-0.3, -0.25) is 4.79 Å². The maximum absolute atomic E-state index is 11.7. The summed E-state index contributed by atoms with van der Waals surface area (Å²) < 4.78 is 5.47. The predicted octanol–water partition coefficient (Wildman–Crippen LogP) is 3.72. The van der Waals surface area contributed by atoms with E-state index in [4.69, 9.17) is 33.7 Å². The van der Waals surface area contributed by atoms with E-state index in [1.54, 1.807) is 0 Å². The fraction of sp³-hybridized carbons (Fsp3) is 0.462. The van der Waals surface area contributed by atoms with Crippen molar-refractivity contribution in [1.82, 2.24) is 0 Å². The molecular weight excluding hydrogens is 287 g/mol. The minimum Gasteiger partial charge on any atom is -0.399 e. The van der Waals surface area contributed by atoms with Gasteiger partial charge in [0.25, 0.3) is 0 Å². The van der Waals surface area contributed by atoms with Gasteiger partial charge in [-0.1, -0.05) is 23.2 Å². The number of hydrogen-bond donors (Lipinski definition) is 2. The van der Waals surface area contributed by atoms with Crippen molar-refractivity contribution >= 4 is 40.5 Å². The lowest BCUT2D eigenvalue weighted by molar-refractivity contribution is -0.118. The SMILES string of the molecule is CC(C)(C)OCCC(=O)Nc1c(Cl)cc(N)cc1Cl. The van der Waals surface area contributed by atoms with E-state index in [1.807, 2.05) is 20.8 Å². The Hall–Kier alpha value is -0.970. The van der Waals surface area contributed by atoms with Crippen molar-refractivity contribution in [3.8, 4) is 0 Å². The van der Waals surface area contributed by atoms with Crippen molar-refractivity contribution in [2.24, 2.45) is 0 Å². The van der Waals surface area contributed by atoms with Gasteiger partial charge in [0.1, 0.15) is 0 Å². The van der Waals surface area contributed by atoms with E-state index < -0.39 is 0 Å². The first-order chi connectivity index (χ1) is 8.69. The largest absolute Gasteiger partial charge is 0.399 e. The maximum Gasteiger partial charge on any atom is 0.226 e. The van der Waals surface area contributed by atoms with E-state index in [1.165, 1.54) is 12.1 Å². The maximum atomic E-state index is 11.7. The molecule has 0 unspecified atom stereocenters. The summed E-state index contributed by atoms with van der Waals surface area (Å²) >= 11 is 12.0. The van der Waals surface area contributed by atoms with Crippen LogP contribution in [0.3, 0.4) is 0 Å². The zero-order valence-electron chi connectivity index (χ0n) is 11.2. The summed E-state index contributed by atoms with van der Waals surface area (Å²) in [6, 6.07) is 3.07. The fourth-order valence-corrected chi connectivity index (χ4v) is 1.96. The number of nitrogens with one attached hydrogen (secondary N) is 1. The van der Waals surface area contributed by atoms with Gasteiger partial charge in [-0.2, -0.15) is 0 Å². The summed E-state index contributed by atoms with van der Waals surface area (Å²) in [6.07, 6.45) is 0.230. The Kier molecular flexibility index (Phi) is 5.47. The number of anilines is 2. The molecule has 0 aliphatic rings. The van der Waals surface area contributed by atoms with Gasteiger partial charge in [-0.25, -0.2) is 0 Å². The standard InChI is InChI=1S/C13H18Cl2N2O2/c1-13(2,3)19-5-4-11(18)17-12-9(14)6-8(16)7-10(12)15/h6-7H,4-5,16H2,1-3H3,(H,17,18). The second-order valence-electron chi connectivity index (χ2n) is 5.12. The van der Waals surface area contributed by atoms with Crippen LogP contribution in [0.2, 0.25) is 10.0 Å². The molecule has 0 spiro atoms. The van der Waals surface area contributed by atoms with E-state index in [2.05, 4.69) is 5.32 Å². The van der Waals surface area contributed by atoms with Gasteiger partial charge in [0.05, 0.1) is 34.4 Å². The Morgan fingerprint density at radius 2 is 1.84 bits per heavy atom. The molecule has 4 nitrogen and oxygen atoms in total. The molecular formula is C13H18Cl2N2O2. The molecule has 3 N–H and O–H groups in total. The van der Waals surface area contributed by atoms with Gasteiger partial charge in [0.2, 0.25) is 5.91 Å². The average Bonchev–Trinajstić information content (AvgIpc) is 2.21. The Balaban J connectivity index is 2.58. The van der Waals surface area contributed by atoms with E-state index in [9.17, 15) is 4.79 Å². The highest BCUT2D eigenvalue weighted by atomic mass is 35.5. The molecule has 0 bridgehead atoms. The van der Waals surface area contributed by atoms with Gasteiger partial charge in [-0.15, -0.1) is 0 Å². The number of carbonyl (C=O) groups excluding carboxylic acids is 1. The van der Waals surface area contributed by atoms with Gasteiger partial charge in [0, 0.05) is 5.69 Å². The Bertz CT molecular complexity index is 447. The highest BCUT2D eigenvalue weighted by Gasteiger charge is 2.13. The number of nitrogens with two attached hydrogens (primary N) is 1. The summed E-state index contributed by atoms with van der Waals surface area (Å²) in [5.74, 6) is -0.210. The topological polar surface area (TPSA) is 64.3 Å². The molecule has 0 aliphatic heterocycles. The molecule has 0 radical (unpaired) electrons.